The molecule has 0 aliphatic carbocycles. The lowest BCUT2D eigenvalue weighted by atomic mass is 10.2. The van der Waals surface area contributed by atoms with Gasteiger partial charge in [0.15, 0.2) is 0 Å². The zero-order chi connectivity index (χ0) is 15.9. The minimum absolute atomic E-state index is 0.00703. The van der Waals surface area contributed by atoms with Crippen LogP contribution in [-0.2, 0) is 4.74 Å². The number of hydrogen-bond donors (Lipinski definition) is 1. The fourth-order valence-corrected chi connectivity index (χ4v) is 2.43. The molecule has 7 heteroatoms. The van der Waals surface area contributed by atoms with Crippen molar-refractivity contribution in [3.8, 4) is 0 Å². The lowest BCUT2D eigenvalue weighted by Gasteiger charge is -2.27. The second kappa shape index (κ2) is 7.74. The molecule has 1 aromatic carbocycles. The zero-order valence-corrected chi connectivity index (χ0v) is 12.7. The first-order valence-corrected chi connectivity index (χ1v) is 7.54. The van der Waals surface area contributed by atoms with Crippen LogP contribution in [0.4, 0.5) is 16.2 Å². The van der Waals surface area contributed by atoms with Gasteiger partial charge in [-0.15, -0.1) is 0 Å². The molecule has 2 rings (SSSR count). The Balaban J connectivity index is 2.16. The molecule has 1 aromatic rings. The van der Waals surface area contributed by atoms with E-state index in [0.717, 1.165) is 25.8 Å². The van der Waals surface area contributed by atoms with Crippen molar-refractivity contribution in [3.63, 3.8) is 0 Å². The van der Waals surface area contributed by atoms with Crippen molar-refractivity contribution in [2.45, 2.75) is 32.2 Å². The summed E-state index contributed by atoms with van der Waals surface area (Å²) in [4.78, 5) is 24.2. The van der Waals surface area contributed by atoms with E-state index >= 15 is 0 Å². The number of nitrogens with one attached hydrogen (secondary N) is 1. The monoisotopic (exact) mass is 307 g/mol. The first-order chi connectivity index (χ1) is 10.6. The van der Waals surface area contributed by atoms with Crippen LogP contribution in [0.15, 0.2) is 24.3 Å². The normalized spacial score (nSPS) is 17.2. The highest BCUT2D eigenvalue weighted by Crippen LogP contribution is 2.24. The average molecular weight is 307 g/mol. The highest BCUT2D eigenvalue weighted by molar-refractivity contribution is 5.88. The Bertz CT molecular complexity index is 512. The zero-order valence-electron chi connectivity index (χ0n) is 12.7. The summed E-state index contributed by atoms with van der Waals surface area (Å²) in [5.74, 6) is 0. The topological polar surface area (TPSA) is 84.7 Å². The fourth-order valence-electron chi connectivity index (χ4n) is 2.43. The summed E-state index contributed by atoms with van der Waals surface area (Å²) in [6, 6.07) is 6.01. The number of carbonyl (C=O) groups excluding carboxylic acids is 1. The molecule has 1 amide bonds. The van der Waals surface area contributed by atoms with Gasteiger partial charge in [-0.2, -0.15) is 0 Å². The van der Waals surface area contributed by atoms with Gasteiger partial charge in [0.1, 0.15) is 0 Å². The van der Waals surface area contributed by atoms with Gasteiger partial charge < -0.3 is 10.1 Å². The number of ether oxygens (including phenoxy) is 1. The van der Waals surface area contributed by atoms with Crippen molar-refractivity contribution < 1.29 is 14.5 Å². The van der Waals surface area contributed by atoms with Crippen LogP contribution in [0.2, 0.25) is 0 Å². The van der Waals surface area contributed by atoms with Gasteiger partial charge in [-0.3, -0.25) is 15.0 Å². The molecule has 1 heterocycles. The van der Waals surface area contributed by atoms with Crippen molar-refractivity contribution in [1.29, 1.82) is 0 Å². The minimum atomic E-state index is -0.454. The molecule has 7 nitrogen and oxygen atoms in total. The molecule has 0 saturated carbocycles. The Morgan fingerprint density at radius 2 is 2.18 bits per heavy atom. The molecule has 1 N–H and O–H groups in total. The van der Waals surface area contributed by atoms with Gasteiger partial charge in [-0.25, -0.2) is 4.79 Å². The predicted molar refractivity (Wildman–Crippen MR) is 83.1 cm³/mol. The van der Waals surface area contributed by atoms with E-state index < -0.39 is 11.0 Å². The minimum Gasteiger partial charge on any atom is -0.449 e. The van der Waals surface area contributed by atoms with Crippen molar-refractivity contribution in [2.24, 2.45) is 0 Å². The third-order valence-electron chi connectivity index (χ3n) is 3.66. The number of benzene rings is 1. The highest BCUT2D eigenvalue weighted by atomic mass is 16.6. The molecule has 0 bridgehead atoms. The van der Waals surface area contributed by atoms with Crippen molar-refractivity contribution >= 4 is 17.5 Å². The van der Waals surface area contributed by atoms with E-state index in [1.54, 1.807) is 17.0 Å². The Hall–Kier alpha value is -2.15. The number of nitro groups is 1. The second-order valence-electron chi connectivity index (χ2n) is 5.26. The molecule has 1 atom stereocenters. The molecule has 1 aliphatic heterocycles. The van der Waals surface area contributed by atoms with E-state index in [-0.39, 0.29) is 11.7 Å². The van der Waals surface area contributed by atoms with Crippen molar-refractivity contribution in [2.75, 3.05) is 24.6 Å². The van der Waals surface area contributed by atoms with Crippen molar-refractivity contribution in [1.82, 2.24) is 5.32 Å². The molecule has 0 aromatic heterocycles. The number of nitro benzene ring substituents is 1. The molecule has 1 saturated heterocycles. The van der Waals surface area contributed by atoms with Crippen LogP contribution in [0, 0.1) is 10.1 Å². The number of rotatable bonds is 6. The Morgan fingerprint density at radius 3 is 2.73 bits per heavy atom. The van der Waals surface area contributed by atoms with E-state index in [2.05, 4.69) is 5.32 Å². The van der Waals surface area contributed by atoms with E-state index in [1.165, 1.54) is 12.1 Å². The molecule has 22 heavy (non-hydrogen) atoms. The van der Waals surface area contributed by atoms with Gasteiger partial charge in [0.25, 0.3) is 5.69 Å². The second-order valence-corrected chi connectivity index (χ2v) is 5.26. The maximum Gasteiger partial charge on any atom is 0.414 e. The summed E-state index contributed by atoms with van der Waals surface area (Å²) in [5.41, 5.74) is 0.633. The number of unbranched alkanes of at least 4 members (excludes halogenated alkanes) is 1. The summed E-state index contributed by atoms with van der Waals surface area (Å²) in [5, 5.41) is 14.0. The van der Waals surface area contributed by atoms with E-state index in [0.29, 0.717) is 18.8 Å². The highest BCUT2D eigenvalue weighted by Gasteiger charge is 2.29. The van der Waals surface area contributed by atoms with E-state index in [1.807, 2.05) is 6.92 Å². The summed E-state index contributed by atoms with van der Waals surface area (Å²) >= 11 is 0. The molecule has 0 radical (unpaired) electrons. The average Bonchev–Trinajstić information content (AvgIpc) is 3.02. The molecule has 1 unspecified atom stereocenters. The fraction of sp³-hybridized carbons (Fsp3) is 0.533. The van der Waals surface area contributed by atoms with Gasteiger partial charge >= 0.3 is 6.09 Å². The van der Waals surface area contributed by atoms with Crippen LogP contribution in [-0.4, -0.2) is 36.8 Å². The lowest BCUT2D eigenvalue weighted by Crippen LogP contribution is -2.42. The summed E-state index contributed by atoms with van der Waals surface area (Å²) < 4.78 is 5.31. The van der Waals surface area contributed by atoms with E-state index in [4.69, 9.17) is 4.74 Å². The van der Waals surface area contributed by atoms with E-state index in [9.17, 15) is 14.9 Å². The first kappa shape index (κ1) is 16.2. The number of anilines is 1. The Kier molecular flexibility index (Phi) is 5.71. The molecule has 1 fully saturated rings. The third-order valence-corrected chi connectivity index (χ3v) is 3.66. The van der Waals surface area contributed by atoms with Gasteiger partial charge in [-0.1, -0.05) is 13.3 Å². The van der Waals surface area contributed by atoms with Gasteiger partial charge in [0.05, 0.1) is 17.6 Å². The number of amides is 1. The SMILES string of the molecule is CCCCOC(=O)N(c1ccc([N+](=O)[O-])cc1)C1CCNC1. The van der Waals surface area contributed by atoms with Crippen LogP contribution < -0.4 is 10.2 Å². The number of carbonyl (C=O) groups is 1. The van der Waals surface area contributed by atoms with Crippen LogP contribution in [0.5, 0.6) is 0 Å². The largest absolute Gasteiger partial charge is 0.449 e. The van der Waals surface area contributed by atoms with Crippen LogP contribution in [0.1, 0.15) is 26.2 Å². The number of hydrogen-bond acceptors (Lipinski definition) is 5. The Morgan fingerprint density at radius 1 is 1.45 bits per heavy atom. The third kappa shape index (κ3) is 3.94. The summed E-state index contributed by atoms with van der Waals surface area (Å²) in [6.45, 7) is 3.96. The lowest BCUT2D eigenvalue weighted by molar-refractivity contribution is -0.384. The number of nitrogens with zero attached hydrogens (tertiary/aromatic N) is 2. The molecule has 0 spiro atoms. The van der Waals surface area contributed by atoms with Crippen LogP contribution >= 0.6 is 0 Å². The standard InChI is InChI=1S/C15H21N3O4/c1-2-3-10-22-15(19)17(14-8-9-16-11-14)12-4-6-13(7-5-12)18(20)21/h4-7,14,16H,2-3,8-11H2,1H3. The molecular weight excluding hydrogens is 286 g/mol. The summed E-state index contributed by atoms with van der Waals surface area (Å²) in [7, 11) is 0. The number of non-ortho nitro benzene ring substituents is 1. The van der Waals surface area contributed by atoms with Gasteiger partial charge in [-0.05, 0) is 31.5 Å². The van der Waals surface area contributed by atoms with Gasteiger partial charge in [0.2, 0.25) is 0 Å². The van der Waals surface area contributed by atoms with Gasteiger partial charge in [0, 0.05) is 24.4 Å². The maximum atomic E-state index is 12.4. The first-order valence-electron chi connectivity index (χ1n) is 7.54. The predicted octanol–water partition coefficient (Wildman–Crippen LogP) is 2.70. The maximum absolute atomic E-state index is 12.4. The Labute approximate surface area is 129 Å². The smallest absolute Gasteiger partial charge is 0.414 e. The van der Waals surface area contributed by atoms with Crippen LogP contribution in [0.3, 0.4) is 0 Å². The van der Waals surface area contributed by atoms with Crippen LogP contribution in [0.25, 0.3) is 0 Å². The molecule has 120 valence electrons. The molecule has 1 aliphatic rings. The molecular formula is C15H21N3O4. The summed E-state index contributed by atoms with van der Waals surface area (Å²) in [6.07, 6.45) is 2.22. The quantitative estimate of drug-likeness (QED) is 0.496. The van der Waals surface area contributed by atoms with Crippen molar-refractivity contribution in [3.05, 3.63) is 34.4 Å².